The molecule has 0 aliphatic rings. The number of nitrogens with zero attached hydrogens (tertiary/aromatic N) is 2. The fourth-order valence-electron chi connectivity index (χ4n) is 8.24. The molecule has 10 aromatic rings. The molecule has 2 heteroatoms. The van der Waals surface area contributed by atoms with E-state index in [0.29, 0.717) is 0 Å². The molecule has 2 nitrogen and oxygen atoms in total. The van der Waals surface area contributed by atoms with Crippen molar-refractivity contribution >= 4 is 43.6 Å². The SMILES string of the molecule is [2H]c1c([2H])c([2H])c(-n2c3ccc(-n4c5ccccc5c5ccccc54)cc3c3ccc(C(c4ccccc4)(c4ccccc4)c4ccccc4)cc32)c([2H])c1[2H]. The maximum atomic E-state index is 9.18. The fourth-order valence-corrected chi connectivity index (χ4v) is 8.24. The molecule has 51 heavy (non-hydrogen) atoms. The molecule has 0 saturated heterocycles. The quantitative estimate of drug-likeness (QED) is 0.158. The minimum Gasteiger partial charge on any atom is -0.309 e. The smallest absolute Gasteiger partial charge is 0.0702 e. The summed E-state index contributed by atoms with van der Waals surface area (Å²) in [6.07, 6.45) is 0. The van der Waals surface area contributed by atoms with Crippen LogP contribution in [0.2, 0.25) is 0 Å². The van der Waals surface area contributed by atoms with Crippen molar-refractivity contribution in [1.29, 1.82) is 0 Å². The molecule has 0 fully saturated rings. The average molecular weight is 656 g/mol. The van der Waals surface area contributed by atoms with Crippen LogP contribution in [0, 0.1) is 0 Å². The van der Waals surface area contributed by atoms with Crippen LogP contribution in [0.4, 0.5) is 0 Å². The van der Waals surface area contributed by atoms with Crippen LogP contribution in [0.3, 0.4) is 0 Å². The Kier molecular flexibility index (Phi) is 5.64. The lowest BCUT2D eigenvalue weighted by atomic mass is 9.65. The molecule has 0 aliphatic heterocycles. The molecule has 0 radical (unpaired) electrons. The summed E-state index contributed by atoms with van der Waals surface area (Å²) in [6, 6.07) is 59.3. The molecule has 10 rings (SSSR count). The van der Waals surface area contributed by atoms with E-state index >= 15 is 0 Å². The van der Waals surface area contributed by atoms with Crippen molar-refractivity contribution in [2.45, 2.75) is 5.41 Å². The Morgan fingerprint density at radius 1 is 0.333 bits per heavy atom. The van der Waals surface area contributed by atoms with Crippen molar-refractivity contribution in [3.63, 3.8) is 0 Å². The van der Waals surface area contributed by atoms with Crippen LogP contribution in [0.1, 0.15) is 29.1 Å². The number of hydrogen-bond donors (Lipinski definition) is 0. The summed E-state index contributed by atoms with van der Waals surface area (Å²) in [4.78, 5) is 0. The number of hydrogen-bond acceptors (Lipinski definition) is 0. The highest BCUT2D eigenvalue weighted by atomic mass is 15.0. The normalized spacial score (nSPS) is 13.3. The van der Waals surface area contributed by atoms with Gasteiger partial charge in [0.25, 0.3) is 0 Å². The summed E-state index contributed by atoms with van der Waals surface area (Å²) in [7, 11) is 0. The van der Waals surface area contributed by atoms with Gasteiger partial charge in [-0.1, -0.05) is 158 Å². The predicted octanol–water partition coefficient (Wildman–Crippen LogP) is 12.3. The molecule has 2 aromatic heterocycles. The van der Waals surface area contributed by atoms with Crippen LogP contribution < -0.4 is 0 Å². The lowest BCUT2D eigenvalue weighted by Gasteiger charge is -2.37. The number of fused-ring (bicyclic) bond motifs is 6. The second-order valence-corrected chi connectivity index (χ2v) is 13.0. The third-order valence-corrected chi connectivity index (χ3v) is 10.4. The highest BCUT2D eigenvalue weighted by Gasteiger charge is 2.38. The van der Waals surface area contributed by atoms with Crippen LogP contribution in [0.5, 0.6) is 0 Å². The Morgan fingerprint density at radius 2 is 0.804 bits per heavy atom. The van der Waals surface area contributed by atoms with E-state index in [9.17, 15) is 2.74 Å². The molecule has 8 aromatic carbocycles. The molecule has 0 N–H and O–H groups in total. The van der Waals surface area contributed by atoms with Gasteiger partial charge >= 0.3 is 0 Å². The molecule has 0 atom stereocenters. The topological polar surface area (TPSA) is 9.86 Å². The van der Waals surface area contributed by atoms with E-state index in [2.05, 4.69) is 156 Å². The molecule has 2 heterocycles. The molecule has 0 spiro atoms. The zero-order valence-electron chi connectivity index (χ0n) is 32.6. The highest BCUT2D eigenvalue weighted by molar-refractivity contribution is 6.12. The number of rotatable bonds is 6. The molecule has 0 aliphatic carbocycles. The molecule has 0 amide bonds. The van der Waals surface area contributed by atoms with Crippen molar-refractivity contribution in [3.05, 3.63) is 228 Å². The minimum absolute atomic E-state index is 0.113. The standard InChI is InChI=1S/C49H34N2/c1-5-17-35(18-6-1)49(36-19-7-2-8-20-36,37-21-9-3-10-22-37)38-29-31-43-44-34-40(30-32-47(44)50(48(43)33-38)39-23-11-4-12-24-39)51-45-27-15-13-25-41(45)42-26-14-16-28-46(42)51/h1-34H/i4D,11D,12D,23D,24D. The van der Waals surface area contributed by atoms with Crippen molar-refractivity contribution in [3.8, 4) is 11.4 Å². The van der Waals surface area contributed by atoms with E-state index in [1.54, 1.807) is 0 Å². The molecule has 0 saturated carbocycles. The van der Waals surface area contributed by atoms with Crippen molar-refractivity contribution < 1.29 is 6.85 Å². The van der Waals surface area contributed by atoms with Crippen molar-refractivity contribution in [1.82, 2.24) is 9.13 Å². The van der Waals surface area contributed by atoms with E-state index in [4.69, 9.17) is 4.11 Å². The predicted molar refractivity (Wildman–Crippen MR) is 213 cm³/mol. The average Bonchev–Trinajstić information content (AvgIpc) is 3.76. The third kappa shape index (κ3) is 4.43. The second kappa shape index (κ2) is 11.8. The summed E-state index contributed by atoms with van der Waals surface area (Å²) < 4.78 is 48.3. The molecular formula is C49H34N2. The molecular weight excluding hydrogens is 617 g/mol. The zero-order valence-corrected chi connectivity index (χ0v) is 27.6. The third-order valence-electron chi connectivity index (χ3n) is 10.4. The summed E-state index contributed by atoms with van der Waals surface area (Å²) in [5.74, 6) is 0. The Balaban J connectivity index is 1.35. The van der Waals surface area contributed by atoms with Gasteiger partial charge in [0.1, 0.15) is 0 Å². The largest absolute Gasteiger partial charge is 0.309 e. The van der Waals surface area contributed by atoms with E-state index in [1.165, 1.54) is 0 Å². The summed E-state index contributed by atoms with van der Waals surface area (Å²) >= 11 is 0. The number of benzene rings is 8. The number of para-hydroxylation sites is 3. The van der Waals surface area contributed by atoms with Gasteiger partial charge in [-0.25, -0.2) is 0 Å². The maximum absolute atomic E-state index is 9.18. The van der Waals surface area contributed by atoms with Crippen LogP contribution >= 0.6 is 0 Å². The van der Waals surface area contributed by atoms with Gasteiger partial charge < -0.3 is 9.13 Å². The second-order valence-electron chi connectivity index (χ2n) is 13.0. The molecule has 0 unspecified atom stereocenters. The first-order chi connectivity index (χ1) is 27.4. The van der Waals surface area contributed by atoms with Crippen LogP contribution in [0.25, 0.3) is 55.0 Å². The highest BCUT2D eigenvalue weighted by Crippen LogP contribution is 2.47. The number of aromatic nitrogens is 2. The Bertz CT molecular complexity index is 2950. The first-order valence-corrected chi connectivity index (χ1v) is 17.2. The lowest BCUT2D eigenvalue weighted by molar-refractivity contribution is 0.746. The Morgan fingerprint density at radius 3 is 1.37 bits per heavy atom. The van der Waals surface area contributed by atoms with E-state index < -0.39 is 11.5 Å². The Hall–Kier alpha value is -6.64. The van der Waals surface area contributed by atoms with Gasteiger partial charge in [-0.15, -0.1) is 0 Å². The van der Waals surface area contributed by atoms with E-state index in [-0.39, 0.29) is 29.9 Å². The summed E-state index contributed by atoms with van der Waals surface area (Å²) in [6.45, 7) is 0. The zero-order chi connectivity index (χ0) is 38.1. The lowest BCUT2D eigenvalue weighted by Crippen LogP contribution is -2.31. The van der Waals surface area contributed by atoms with Crippen LogP contribution in [0.15, 0.2) is 206 Å². The Labute approximate surface area is 304 Å². The fraction of sp³-hybridized carbons (Fsp3) is 0.0204. The van der Waals surface area contributed by atoms with Gasteiger partial charge in [-0.3, -0.25) is 0 Å². The maximum Gasteiger partial charge on any atom is 0.0702 e. The minimum atomic E-state index is -0.757. The summed E-state index contributed by atoms with van der Waals surface area (Å²) in [5, 5.41) is 4.13. The van der Waals surface area contributed by atoms with Crippen LogP contribution in [-0.4, -0.2) is 9.13 Å². The van der Waals surface area contributed by atoms with Gasteiger partial charge in [-0.2, -0.15) is 0 Å². The van der Waals surface area contributed by atoms with Crippen molar-refractivity contribution in [2.75, 3.05) is 0 Å². The first kappa shape index (κ1) is 24.5. The summed E-state index contributed by atoms with van der Waals surface area (Å²) in [5.41, 5.74) is 8.19. The molecule has 0 bridgehead atoms. The van der Waals surface area contributed by atoms with Gasteiger partial charge in [0.05, 0.1) is 34.3 Å². The van der Waals surface area contributed by atoms with Gasteiger partial charge in [-0.05, 0) is 70.7 Å². The van der Waals surface area contributed by atoms with Gasteiger partial charge in [0, 0.05) is 32.9 Å². The first-order valence-electron chi connectivity index (χ1n) is 19.7. The monoisotopic (exact) mass is 655 g/mol. The van der Waals surface area contributed by atoms with Crippen LogP contribution in [-0.2, 0) is 5.41 Å². The van der Waals surface area contributed by atoms with E-state index in [0.717, 1.165) is 71.6 Å². The van der Waals surface area contributed by atoms with E-state index in [1.807, 2.05) is 28.8 Å². The van der Waals surface area contributed by atoms with Crippen molar-refractivity contribution in [2.24, 2.45) is 0 Å². The van der Waals surface area contributed by atoms with Gasteiger partial charge in [0.2, 0.25) is 0 Å². The van der Waals surface area contributed by atoms with Gasteiger partial charge in [0.15, 0.2) is 0 Å². The molecule has 240 valence electrons.